The van der Waals surface area contributed by atoms with E-state index in [2.05, 4.69) is 11.9 Å². The molecule has 1 heterocycles. The summed E-state index contributed by atoms with van der Waals surface area (Å²) in [4.78, 5) is 0. The molecular formula is C14H25NO2. The number of nitrogens with one attached hydrogen (secondary N) is 1. The van der Waals surface area contributed by atoms with Crippen LogP contribution in [-0.2, 0) is 9.47 Å². The Hall–Kier alpha value is -0.380. The van der Waals surface area contributed by atoms with E-state index in [1.807, 2.05) is 6.92 Å². The standard InChI is InChI=1S/C14H25NO2/c1-11(2)7-8-16-10-14-6-5-13(17-14)9-15-12-3-4-12/h12-15H,1,3-10H2,2H3. The zero-order valence-electron chi connectivity index (χ0n) is 10.9. The lowest BCUT2D eigenvalue weighted by Gasteiger charge is -2.14. The second-order valence-corrected chi connectivity index (χ2v) is 5.42. The third kappa shape index (κ3) is 5.19. The largest absolute Gasteiger partial charge is 0.378 e. The minimum atomic E-state index is 0.311. The molecule has 0 radical (unpaired) electrons. The van der Waals surface area contributed by atoms with Gasteiger partial charge in [0, 0.05) is 12.6 Å². The maximum atomic E-state index is 5.94. The van der Waals surface area contributed by atoms with Gasteiger partial charge in [-0.25, -0.2) is 0 Å². The lowest BCUT2D eigenvalue weighted by molar-refractivity contribution is -0.0136. The molecule has 1 aliphatic carbocycles. The van der Waals surface area contributed by atoms with Crippen molar-refractivity contribution in [3.05, 3.63) is 12.2 Å². The molecular weight excluding hydrogens is 214 g/mol. The fraction of sp³-hybridized carbons (Fsp3) is 0.857. The normalized spacial score (nSPS) is 28.5. The molecule has 0 spiro atoms. The van der Waals surface area contributed by atoms with Gasteiger partial charge >= 0.3 is 0 Å². The van der Waals surface area contributed by atoms with Crippen molar-refractivity contribution in [2.75, 3.05) is 19.8 Å². The Labute approximate surface area is 105 Å². The van der Waals surface area contributed by atoms with E-state index in [1.165, 1.54) is 24.8 Å². The molecule has 1 aliphatic heterocycles. The predicted octanol–water partition coefficient (Wildman–Crippen LogP) is 2.27. The molecule has 2 atom stereocenters. The molecule has 0 amide bonds. The van der Waals surface area contributed by atoms with Crippen LogP contribution in [0, 0.1) is 0 Å². The Morgan fingerprint density at radius 3 is 2.76 bits per heavy atom. The highest BCUT2D eigenvalue weighted by Crippen LogP contribution is 2.22. The van der Waals surface area contributed by atoms with Crippen LogP contribution in [0.5, 0.6) is 0 Å². The van der Waals surface area contributed by atoms with Crippen LogP contribution in [0.2, 0.25) is 0 Å². The van der Waals surface area contributed by atoms with Crippen molar-refractivity contribution in [3.63, 3.8) is 0 Å². The molecule has 3 heteroatoms. The fourth-order valence-corrected chi connectivity index (χ4v) is 2.10. The summed E-state index contributed by atoms with van der Waals surface area (Å²) in [6.07, 6.45) is 6.69. The molecule has 0 bridgehead atoms. The lowest BCUT2D eigenvalue weighted by atomic mass is 10.2. The van der Waals surface area contributed by atoms with Gasteiger partial charge in [-0.3, -0.25) is 0 Å². The first-order chi connectivity index (χ1) is 8.24. The van der Waals surface area contributed by atoms with Crippen molar-refractivity contribution in [1.29, 1.82) is 0 Å². The van der Waals surface area contributed by atoms with Gasteiger partial charge in [-0.2, -0.15) is 0 Å². The van der Waals surface area contributed by atoms with Crippen LogP contribution in [0.25, 0.3) is 0 Å². The number of ether oxygens (including phenoxy) is 2. The number of rotatable bonds is 8. The molecule has 2 fully saturated rings. The van der Waals surface area contributed by atoms with Crippen LogP contribution >= 0.6 is 0 Å². The topological polar surface area (TPSA) is 30.5 Å². The van der Waals surface area contributed by atoms with Crippen molar-refractivity contribution >= 4 is 0 Å². The van der Waals surface area contributed by atoms with E-state index in [4.69, 9.17) is 9.47 Å². The monoisotopic (exact) mass is 239 g/mol. The highest BCUT2D eigenvalue weighted by atomic mass is 16.5. The van der Waals surface area contributed by atoms with Crippen molar-refractivity contribution in [3.8, 4) is 0 Å². The van der Waals surface area contributed by atoms with Gasteiger partial charge in [0.25, 0.3) is 0 Å². The lowest BCUT2D eigenvalue weighted by Crippen LogP contribution is -2.29. The van der Waals surface area contributed by atoms with Gasteiger partial charge < -0.3 is 14.8 Å². The molecule has 2 rings (SSSR count). The second kappa shape index (κ2) is 6.53. The average Bonchev–Trinajstić information content (AvgIpc) is 3.01. The highest BCUT2D eigenvalue weighted by Gasteiger charge is 2.27. The summed E-state index contributed by atoms with van der Waals surface area (Å²) >= 11 is 0. The van der Waals surface area contributed by atoms with Crippen molar-refractivity contribution in [1.82, 2.24) is 5.32 Å². The quantitative estimate of drug-likeness (QED) is 0.520. The van der Waals surface area contributed by atoms with Crippen molar-refractivity contribution in [2.45, 2.75) is 57.3 Å². The molecule has 0 aromatic heterocycles. The van der Waals surface area contributed by atoms with Crippen LogP contribution in [0.3, 0.4) is 0 Å². The van der Waals surface area contributed by atoms with Gasteiger partial charge in [0.05, 0.1) is 25.4 Å². The average molecular weight is 239 g/mol. The van der Waals surface area contributed by atoms with E-state index in [0.717, 1.165) is 38.6 Å². The Bertz CT molecular complexity index is 251. The van der Waals surface area contributed by atoms with Crippen molar-refractivity contribution < 1.29 is 9.47 Å². The van der Waals surface area contributed by atoms with Gasteiger partial charge in [-0.1, -0.05) is 5.57 Å². The van der Waals surface area contributed by atoms with Crippen LogP contribution in [0.15, 0.2) is 12.2 Å². The Balaban J connectivity index is 1.49. The van der Waals surface area contributed by atoms with Gasteiger partial charge in [-0.15, -0.1) is 6.58 Å². The Kier molecular flexibility index (Phi) is 5.01. The number of hydrogen-bond donors (Lipinski definition) is 1. The third-order valence-corrected chi connectivity index (χ3v) is 3.38. The zero-order valence-corrected chi connectivity index (χ0v) is 10.9. The summed E-state index contributed by atoms with van der Waals surface area (Å²) in [6.45, 7) is 8.44. The zero-order chi connectivity index (χ0) is 12.1. The summed E-state index contributed by atoms with van der Waals surface area (Å²) in [5, 5.41) is 3.52. The molecule has 1 N–H and O–H groups in total. The van der Waals surface area contributed by atoms with Crippen LogP contribution in [0.4, 0.5) is 0 Å². The van der Waals surface area contributed by atoms with E-state index >= 15 is 0 Å². The molecule has 0 aromatic rings. The smallest absolute Gasteiger partial charge is 0.0813 e. The number of hydrogen-bond acceptors (Lipinski definition) is 3. The molecule has 2 unspecified atom stereocenters. The van der Waals surface area contributed by atoms with Gasteiger partial charge in [0.1, 0.15) is 0 Å². The van der Waals surface area contributed by atoms with E-state index in [9.17, 15) is 0 Å². The Morgan fingerprint density at radius 2 is 2.06 bits per heavy atom. The molecule has 1 saturated carbocycles. The first kappa shape index (κ1) is 13.1. The Morgan fingerprint density at radius 1 is 1.29 bits per heavy atom. The maximum absolute atomic E-state index is 5.94. The van der Waals surface area contributed by atoms with Gasteiger partial charge in [0.2, 0.25) is 0 Å². The minimum Gasteiger partial charge on any atom is -0.378 e. The summed E-state index contributed by atoms with van der Waals surface area (Å²) < 4.78 is 11.5. The van der Waals surface area contributed by atoms with Gasteiger partial charge in [-0.05, 0) is 39.0 Å². The van der Waals surface area contributed by atoms with Gasteiger partial charge in [0.15, 0.2) is 0 Å². The van der Waals surface area contributed by atoms with Crippen LogP contribution < -0.4 is 5.32 Å². The summed E-state index contributed by atoms with van der Waals surface area (Å²) in [6, 6.07) is 0.782. The minimum absolute atomic E-state index is 0.311. The molecule has 17 heavy (non-hydrogen) atoms. The molecule has 0 aromatic carbocycles. The predicted molar refractivity (Wildman–Crippen MR) is 69.2 cm³/mol. The van der Waals surface area contributed by atoms with Crippen molar-refractivity contribution in [2.24, 2.45) is 0 Å². The van der Waals surface area contributed by atoms with E-state index < -0.39 is 0 Å². The molecule has 98 valence electrons. The maximum Gasteiger partial charge on any atom is 0.0813 e. The first-order valence-electron chi connectivity index (χ1n) is 6.85. The second-order valence-electron chi connectivity index (χ2n) is 5.42. The summed E-state index contributed by atoms with van der Waals surface area (Å²) in [7, 11) is 0. The highest BCUT2D eigenvalue weighted by molar-refractivity contribution is 4.87. The summed E-state index contributed by atoms with van der Waals surface area (Å²) in [5.74, 6) is 0. The molecule has 1 saturated heterocycles. The van der Waals surface area contributed by atoms with Crippen LogP contribution in [-0.4, -0.2) is 38.0 Å². The SMILES string of the molecule is C=C(C)CCOCC1CCC(CNC2CC2)O1. The fourth-order valence-electron chi connectivity index (χ4n) is 2.10. The third-order valence-electron chi connectivity index (χ3n) is 3.38. The van der Waals surface area contributed by atoms with Crippen LogP contribution in [0.1, 0.15) is 39.0 Å². The molecule has 2 aliphatic rings. The van der Waals surface area contributed by atoms with E-state index in [0.29, 0.717) is 12.2 Å². The summed E-state index contributed by atoms with van der Waals surface area (Å²) in [5.41, 5.74) is 1.18. The van der Waals surface area contributed by atoms with E-state index in [1.54, 1.807) is 0 Å². The first-order valence-corrected chi connectivity index (χ1v) is 6.85. The van der Waals surface area contributed by atoms with E-state index in [-0.39, 0.29) is 0 Å². The molecule has 3 nitrogen and oxygen atoms in total.